The van der Waals surface area contributed by atoms with Crippen molar-refractivity contribution in [2.24, 2.45) is 5.92 Å². The predicted octanol–water partition coefficient (Wildman–Crippen LogP) is 2.76. The fraction of sp³-hybridized carbons (Fsp3) is 0.500. The molecular formula is C14H17ClO3. The summed E-state index contributed by atoms with van der Waals surface area (Å²) in [7, 11) is 0. The van der Waals surface area contributed by atoms with Crippen LogP contribution in [-0.2, 0) is 23.2 Å². The third kappa shape index (κ3) is 2.13. The van der Waals surface area contributed by atoms with Gasteiger partial charge in [0, 0.05) is 10.6 Å². The van der Waals surface area contributed by atoms with Crippen LogP contribution in [-0.4, -0.2) is 16.2 Å². The number of aliphatic hydroxyl groups is 1. The fourth-order valence-electron chi connectivity index (χ4n) is 2.51. The molecular weight excluding hydrogens is 252 g/mol. The Balaban J connectivity index is 2.45. The van der Waals surface area contributed by atoms with E-state index in [1.54, 1.807) is 12.1 Å². The van der Waals surface area contributed by atoms with Crippen molar-refractivity contribution < 1.29 is 15.0 Å². The first-order chi connectivity index (χ1) is 8.36. The number of carboxylic acids is 1. The van der Waals surface area contributed by atoms with Crippen LogP contribution in [0.5, 0.6) is 0 Å². The predicted molar refractivity (Wildman–Crippen MR) is 69.8 cm³/mol. The summed E-state index contributed by atoms with van der Waals surface area (Å²) in [6, 6.07) is 3.56. The molecule has 18 heavy (non-hydrogen) atoms. The molecule has 2 unspecified atom stereocenters. The maximum absolute atomic E-state index is 11.1. The molecule has 0 saturated heterocycles. The molecule has 1 aromatic carbocycles. The quantitative estimate of drug-likeness (QED) is 0.886. The Bertz CT molecular complexity index is 494. The molecule has 2 rings (SSSR count). The van der Waals surface area contributed by atoms with Gasteiger partial charge in [0.25, 0.3) is 0 Å². The van der Waals surface area contributed by atoms with Crippen LogP contribution >= 0.6 is 11.6 Å². The van der Waals surface area contributed by atoms with Crippen LogP contribution in [0.3, 0.4) is 0 Å². The van der Waals surface area contributed by atoms with Gasteiger partial charge in [0.15, 0.2) is 5.60 Å². The van der Waals surface area contributed by atoms with Crippen molar-refractivity contribution in [3.8, 4) is 0 Å². The summed E-state index contributed by atoms with van der Waals surface area (Å²) in [4.78, 5) is 11.1. The van der Waals surface area contributed by atoms with E-state index in [9.17, 15) is 9.90 Å². The lowest BCUT2D eigenvalue weighted by Crippen LogP contribution is -2.32. The van der Waals surface area contributed by atoms with E-state index >= 15 is 0 Å². The molecule has 1 aliphatic rings. The Morgan fingerprint density at radius 3 is 2.50 bits per heavy atom. The summed E-state index contributed by atoms with van der Waals surface area (Å²) in [5.74, 6) is -0.685. The number of carboxylic acid groups (broad SMARTS) is 1. The molecule has 1 aromatic rings. The van der Waals surface area contributed by atoms with Crippen LogP contribution in [0, 0.1) is 5.92 Å². The third-order valence-corrected chi connectivity index (χ3v) is 4.14. The molecule has 4 heteroatoms. The highest BCUT2D eigenvalue weighted by atomic mass is 35.5. The second-order valence-electron chi connectivity index (χ2n) is 5.16. The third-order valence-electron chi connectivity index (χ3n) is 3.82. The van der Waals surface area contributed by atoms with E-state index in [2.05, 4.69) is 6.92 Å². The molecule has 0 spiro atoms. The summed E-state index contributed by atoms with van der Waals surface area (Å²) in [5.41, 5.74) is 0.642. The topological polar surface area (TPSA) is 57.5 Å². The molecule has 98 valence electrons. The Labute approximate surface area is 111 Å². The number of aliphatic carboxylic acids is 1. The number of hydrogen-bond acceptors (Lipinski definition) is 2. The Hall–Kier alpha value is -1.06. The van der Waals surface area contributed by atoms with E-state index in [1.165, 1.54) is 12.5 Å². The van der Waals surface area contributed by atoms with Gasteiger partial charge in [0.05, 0.1) is 0 Å². The molecule has 0 bridgehead atoms. The number of carbonyl (C=O) groups is 1. The first kappa shape index (κ1) is 13.4. The summed E-state index contributed by atoms with van der Waals surface area (Å²) < 4.78 is 0. The van der Waals surface area contributed by atoms with Crippen molar-refractivity contribution in [1.29, 1.82) is 0 Å². The summed E-state index contributed by atoms with van der Waals surface area (Å²) in [5, 5.41) is 19.4. The summed E-state index contributed by atoms with van der Waals surface area (Å²) in [6.07, 6.45) is 3.02. The SMILES string of the molecule is CCC1Cc2cc(Cl)c(C(C)(O)C(=O)O)cc2C1. The lowest BCUT2D eigenvalue weighted by atomic mass is 9.93. The summed E-state index contributed by atoms with van der Waals surface area (Å²) in [6.45, 7) is 3.40. The van der Waals surface area contributed by atoms with Crippen molar-refractivity contribution >= 4 is 17.6 Å². The van der Waals surface area contributed by atoms with Gasteiger partial charge < -0.3 is 10.2 Å². The molecule has 0 amide bonds. The van der Waals surface area contributed by atoms with Gasteiger partial charge in [-0.2, -0.15) is 0 Å². The second kappa shape index (κ2) is 4.56. The zero-order valence-electron chi connectivity index (χ0n) is 10.5. The molecule has 0 aliphatic heterocycles. The minimum Gasteiger partial charge on any atom is -0.479 e. The van der Waals surface area contributed by atoms with Gasteiger partial charge in [-0.1, -0.05) is 31.0 Å². The van der Waals surface area contributed by atoms with Gasteiger partial charge in [0.1, 0.15) is 0 Å². The van der Waals surface area contributed by atoms with Crippen LogP contribution in [0.1, 0.15) is 37.0 Å². The van der Waals surface area contributed by atoms with Crippen LogP contribution in [0.15, 0.2) is 12.1 Å². The Morgan fingerprint density at radius 1 is 1.44 bits per heavy atom. The Kier molecular flexibility index (Phi) is 3.39. The standard InChI is InChI=1S/C14H17ClO3/c1-3-8-4-9-6-11(14(2,18)13(16)17)12(15)7-10(9)5-8/h6-8,18H,3-5H2,1-2H3,(H,16,17). The van der Waals surface area contributed by atoms with Crippen molar-refractivity contribution in [3.05, 3.63) is 33.8 Å². The Morgan fingerprint density at radius 2 is 2.00 bits per heavy atom. The minimum atomic E-state index is -1.93. The van der Waals surface area contributed by atoms with E-state index in [1.807, 2.05) is 0 Å². The zero-order chi connectivity index (χ0) is 13.5. The fourth-order valence-corrected chi connectivity index (χ4v) is 2.88. The highest BCUT2D eigenvalue weighted by molar-refractivity contribution is 6.31. The normalized spacial score (nSPS) is 21.4. The highest BCUT2D eigenvalue weighted by Gasteiger charge is 2.35. The van der Waals surface area contributed by atoms with Gasteiger partial charge in [0.2, 0.25) is 0 Å². The molecule has 2 atom stereocenters. The molecule has 0 aromatic heterocycles. The largest absolute Gasteiger partial charge is 0.479 e. The lowest BCUT2D eigenvalue weighted by Gasteiger charge is -2.20. The second-order valence-corrected chi connectivity index (χ2v) is 5.57. The molecule has 0 saturated carbocycles. The molecule has 3 nitrogen and oxygen atoms in total. The number of halogens is 1. The van der Waals surface area contributed by atoms with E-state index in [-0.39, 0.29) is 5.56 Å². The van der Waals surface area contributed by atoms with Crippen LogP contribution in [0.2, 0.25) is 5.02 Å². The van der Waals surface area contributed by atoms with Crippen molar-refractivity contribution in [1.82, 2.24) is 0 Å². The molecule has 0 heterocycles. The van der Waals surface area contributed by atoms with E-state index < -0.39 is 11.6 Å². The zero-order valence-corrected chi connectivity index (χ0v) is 11.3. The van der Waals surface area contributed by atoms with E-state index in [0.29, 0.717) is 10.9 Å². The number of hydrogen-bond donors (Lipinski definition) is 2. The van der Waals surface area contributed by atoms with E-state index in [4.69, 9.17) is 16.7 Å². The minimum absolute atomic E-state index is 0.284. The van der Waals surface area contributed by atoms with Crippen molar-refractivity contribution in [3.63, 3.8) is 0 Å². The van der Waals surface area contributed by atoms with Crippen LogP contribution in [0.25, 0.3) is 0 Å². The first-order valence-corrected chi connectivity index (χ1v) is 6.51. The lowest BCUT2D eigenvalue weighted by molar-refractivity contribution is -0.157. The monoisotopic (exact) mass is 268 g/mol. The van der Waals surface area contributed by atoms with Crippen molar-refractivity contribution in [2.75, 3.05) is 0 Å². The molecule has 1 aliphatic carbocycles. The molecule has 2 N–H and O–H groups in total. The number of benzene rings is 1. The van der Waals surface area contributed by atoms with E-state index in [0.717, 1.165) is 24.8 Å². The summed E-state index contributed by atoms with van der Waals surface area (Å²) >= 11 is 6.10. The van der Waals surface area contributed by atoms with Crippen LogP contribution in [0.4, 0.5) is 0 Å². The van der Waals surface area contributed by atoms with Crippen molar-refractivity contribution in [2.45, 2.75) is 38.7 Å². The maximum atomic E-state index is 11.1. The maximum Gasteiger partial charge on any atom is 0.340 e. The molecule has 0 radical (unpaired) electrons. The van der Waals surface area contributed by atoms with Gasteiger partial charge in [-0.05, 0) is 42.9 Å². The van der Waals surface area contributed by atoms with Gasteiger partial charge in [-0.3, -0.25) is 0 Å². The average Bonchev–Trinajstić information content (AvgIpc) is 2.69. The number of fused-ring (bicyclic) bond motifs is 1. The average molecular weight is 269 g/mol. The van der Waals surface area contributed by atoms with Gasteiger partial charge in [-0.15, -0.1) is 0 Å². The van der Waals surface area contributed by atoms with Crippen LogP contribution < -0.4 is 0 Å². The smallest absolute Gasteiger partial charge is 0.340 e. The molecule has 0 fully saturated rings. The van der Waals surface area contributed by atoms with Gasteiger partial charge in [-0.25, -0.2) is 4.79 Å². The first-order valence-electron chi connectivity index (χ1n) is 6.13. The highest BCUT2D eigenvalue weighted by Crippen LogP contribution is 2.36. The van der Waals surface area contributed by atoms with Gasteiger partial charge >= 0.3 is 5.97 Å². The number of rotatable bonds is 3.